The molecule has 1 atom stereocenters. The molecule has 0 aromatic heterocycles. The Morgan fingerprint density at radius 2 is 2.11 bits per heavy atom. The maximum absolute atomic E-state index is 11.8. The van der Waals surface area contributed by atoms with Crippen LogP contribution in [0, 0.1) is 17.2 Å². The van der Waals surface area contributed by atoms with Gasteiger partial charge in [-0.25, -0.2) is 4.79 Å². The Morgan fingerprint density at radius 1 is 1.50 bits per heavy atom. The molecule has 5 heteroatoms. The summed E-state index contributed by atoms with van der Waals surface area (Å²) in [7, 11) is 3.25. The highest BCUT2D eigenvalue weighted by atomic mass is 16.5. The van der Waals surface area contributed by atoms with E-state index in [9.17, 15) is 4.79 Å². The molecule has 0 fully saturated rings. The van der Waals surface area contributed by atoms with Crippen LogP contribution in [0.15, 0.2) is 24.3 Å². The number of carbonyl (C=O) groups is 1. The minimum absolute atomic E-state index is 0.184. The van der Waals surface area contributed by atoms with Crippen molar-refractivity contribution in [3.63, 3.8) is 0 Å². The lowest BCUT2D eigenvalue weighted by Gasteiger charge is -2.18. The monoisotopic (exact) mass is 247 g/mol. The highest BCUT2D eigenvalue weighted by molar-refractivity contribution is 5.89. The van der Waals surface area contributed by atoms with E-state index < -0.39 is 0 Å². The summed E-state index contributed by atoms with van der Waals surface area (Å²) >= 11 is 0. The second-order valence-corrected chi connectivity index (χ2v) is 4.07. The number of anilines is 1. The van der Waals surface area contributed by atoms with Gasteiger partial charge in [0.2, 0.25) is 0 Å². The van der Waals surface area contributed by atoms with E-state index in [1.807, 2.05) is 0 Å². The number of nitrogens with zero attached hydrogens (tertiary/aromatic N) is 2. The Balaban J connectivity index is 2.55. The number of hydrogen-bond donors (Lipinski definition) is 1. The molecule has 0 saturated heterocycles. The Kier molecular flexibility index (Phi) is 5.00. The van der Waals surface area contributed by atoms with Crippen LogP contribution >= 0.6 is 0 Å². The van der Waals surface area contributed by atoms with Crippen molar-refractivity contribution in [3.8, 4) is 11.8 Å². The van der Waals surface area contributed by atoms with E-state index in [4.69, 9.17) is 10.00 Å². The summed E-state index contributed by atoms with van der Waals surface area (Å²) in [5.74, 6) is 0.552. The molecule has 2 amide bonds. The zero-order valence-electron chi connectivity index (χ0n) is 10.8. The molecule has 1 rings (SSSR count). The first-order chi connectivity index (χ1) is 8.56. The van der Waals surface area contributed by atoms with Gasteiger partial charge in [-0.05, 0) is 31.2 Å². The van der Waals surface area contributed by atoms with Gasteiger partial charge in [0.15, 0.2) is 0 Å². The van der Waals surface area contributed by atoms with E-state index in [-0.39, 0.29) is 11.9 Å². The summed E-state index contributed by atoms with van der Waals surface area (Å²) in [6, 6.07) is 8.92. The van der Waals surface area contributed by atoms with Crippen molar-refractivity contribution in [1.29, 1.82) is 5.26 Å². The van der Waals surface area contributed by atoms with E-state index in [1.54, 1.807) is 45.3 Å². The molecule has 0 aliphatic rings. The summed E-state index contributed by atoms with van der Waals surface area (Å²) in [4.78, 5) is 13.3. The van der Waals surface area contributed by atoms with Gasteiger partial charge in [-0.3, -0.25) is 0 Å². The van der Waals surface area contributed by atoms with Gasteiger partial charge in [-0.15, -0.1) is 0 Å². The third-order valence-corrected chi connectivity index (χ3v) is 2.46. The molecule has 0 radical (unpaired) electrons. The van der Waals surface area contributed by atoms with Gasteiger partial charge in [-0.2, -0.15) is 5.26 Å². The lowest BCUT2D eigenvalue weighted by atomic mass is 10.2. The smallest absolute Gasteiger partial charge is 0.321 e. The van der Waals surface area contributed by atoms with Crippen molar-refractivity contribution in [1.82, 2.24) is 4.90 Å². The molecule has 18 heavy (non-hydrogen) atoms. The predicted molar refractivity (Wildman–Crippen MR) is 69.4 cm³/mol. The summed E-state index contributed by atoms with van der Waals surface area (Å²) in [5.41, 5.74) is 0.692. The van der Waals surface area contributed by atoms with Crippen LogP contribution in [0.2, 0.25) is 0 Å². The third kappa shape index (κ3) is 3.98. The first-order valence-corrected chi connectivity index (χ1v) is 5.62. The zero-order valence-corrected chi connectivity index (χ0v) is 10.8. The topological polar surface area (TPSA) is 65.4 Å². The largest absolute Gasteiger partial charge is 0.497 e. The third-order valence-electron chi connectivity index (χ3n) is 2.46. The first-order valence-electron chi connectivity index (χ1n) is 5.62. The van der Waals surface area contributed by atoms with Gasteiger partial charge in [0.25, 0.3) is 0 Å². The minimum atomic E-state index is -0.234. The lowest BCUT2D eigenvalue weighted by Crippen LogP contribution is -2.34. The molecule has 0 aliphatic heterocycles. The molecule has 0 bridgehead atoms. The molecule has 0 saturated carbocycles. The lowest BCUT2D eigenvalue weighted by molar-refractivity contribution is 0.219. The Morgan fingerprint density at radius 3 is 2.61 bits per heavy atom. The number of nitrogens with one attached hydrogen (secondary N) is 1. The Bertz CT molecular complexity index is 437. The minimum Gasteiger partial charge on any atom is -0.497 e. The molecule has 1 N–H and O–H groups in total. The number of nitriles is 1. The van der Waals surface area contributed by atoms with E-state index in [0.717, 1.165) is 5.75 Å². The normalized spacial score (nSPS) is 11.2. The molecule has 0 spiro atoms. The molecule has 96 valence electrons. The van der Waals surface area contributed by atoms with Gasteiger partial charge < -0.3 is 15.0 Å². The van der Waals surface area contributed by atoms with Gasteiger partial charge in [0.1, 0.15) is 5.75 Å². The average Bonchev–Trinajstić information content (AvgIpc) is 2.39. The molecule has 0 unspecified atom stereocenters. The molecule has 1 aromatic carbocycles. The number of rotatable bonds is 4. The Hall–Kier alpha value is -2.22. The molecule has 1 aromatic rings. The first kappa shape index (κ1) is 13.8. The number of benzene rings is 1. The average molecular weight is 247 g/mol. The highest BCUT2D eigenvalue weighted by Crippen LogP contribution is 2.15. The zero-order chi connectivity index (χ0) is 13.5. The maximum Gasteiger partial charge on any atom is 0.321 e. The predicted octanol–water partition coefficient (Wildman–Crippen LogP) is 2.32. The quantitative estimate of drug-likeness (QED) is 0.888. The molecular formula is C13H17N3O2. The van der Waals surface area contributed by atoms with Crippen LogP contribution in [-0.2, 0) is 0 Å². The molecule has 5 nitrogen and oxygen atoms in total. The molecule has 0 aliphatic carbocycles. The van der Waals surface area contributed by atoms with Crippen molar-refractivity contribution in [2.75, 3.05) is 26.0 Å². The van der Waals surface area contributed by atoms with Crippen LogP contribution in [0.1, 0.15) is 6.92 Å². The van der Waals surface area contributed by atoms with Crippen molar-refractivity contribution in [2.24, 2.45) is 5.92 Å². The van der Waals surface area contributed by atoms with Crippen molar-refractivity contribution < 1.29 is 9.53 Å². The second-order valence-electron chi connectivity index (χ2n) is 4.07. The number of amides is 2. The number of urea groups is 1. The van der Waals surface area contributed by atoms with Gasteiger partial charge >= 0.3 is 6.03 Å². The van der Waals surface area contributed by atoms with Crippen LogP contribution in [0.25, 0.3) is 0 Å². The molecule has 0 heterocycles. The van der Waals surface area contributed by atoms with Crippen molar-refractivity contribution in [2.45, 2.75) is 6.92 Å². The van der Waals surface area contributed by atoms with Crippen molar-refractivity contribution >= 4 is 11.7 Å². The SMILES string of the molecule is COc1ccc(NC(=O)N(C)C[C@H](C)C#N)cc1. The van der Waals surface area contributed by atoms with Crippen LogP contribution in [0.4, 0.5) is 10.5 Å². The number of methoxy groups -OCH3 is 1. The Labute approximate surface area is 107 Å². The number of hydrogen-bond acceptors (Lipinski definition) is 3. The van der Waals surface area contributed by atoms with Gasteiger partial charge in [0.05, 0.1) is 19.1 Å². The van der Waals surface area contributed by atoms with Crippen LogP contribution in [-0.4, -0.2) is 31.6 Å². The van der Waals surface area contributed by atoms with Crippen LogP contribution in [0.5, 0.6) is 5.75 Å². The van der Waals surface area contributed by atoms with Gasteiger partial charge in [-0.1, -0.05) is 0 Å². The number of carbonyl (C=O) groups excluding carboxylic acids is 1. The summed E-state index contributed by atoms with van der Waals surface area (Å²) in [6.07, 6.45) is 0. The summed E-state index contributed by atoms with van der Waals surface area (Å²) < 4.78 is 5.03. The van der Waals surface area contributed by atoms with E-state index in [1.165, 1.54) is 4.90 Å². The van der Waals surface area contributed by atoms with Crippen molar-refractivity contribution in [3.05, 3.63) is 24.3 Å². The maximum atomic E-state index is 11.8. The summed E-state index contributed by atoms with van der Waals surface area (Å²) in [6.45, 7) is 2.18. The fourth-order valence-corrected chi connectivity index (χ4v) is 1.43. The van der Waals surface area contributed by atoms with E-state index in [2.05, 4.69) is 11.4 Å². The van der Waals surface area contributed by atoms with Crippen LogP contribution in [0.3, 0.4) is 0 Å². The highest BCUT2D eigenvalue weighted by Gasteiger charge is 2.11. The van der Waals surface area contributed by atoms with E-state index in [0.29, 0.717) is 12.2 Å². The van der Waals surface area contributed by atoms with Gasteiger partial charge in [0, 0.05) is 19.3 Å². The number of ether oxygens (including phenoxy) is 1. The fraction of sp³-hybridized carbons (Fsp3) is 0.385. The van der Waals surface area contributed by atoms with Crippen LogP contribution < -0.4 is 10.1 Å². The fourth-order valence-electron chi connectivity index (χ4n) is 1.43. The van der Waals surface area contributed by atoms with E-state index >= 15 is 0 Å². The standard InChI is InChI=1S/C13H17N3O2/c1-10(8-14)9-16(2)13(17)15-11-4-6-12(18-3)7-5-11/h4-7,10H,9H2,1-3H3,(H,15,17)/t10-/m1/s1. The second kappa shape index (κ2) is 6.50. The summed E-state index contributed by atoms with van der Waals surface area (Å²) in [5, 5.41) is 11.4. The molecular weight excluding hydrogens is 230 g/mol.